The number of fused-ring (bicyclic) bond motifs is 2. The number of benzene rings is 1. The summed E-state index contributed by atoms with van der Waals surface area (Å²) in [5, 5.41) is 3.69. The number of hydrogen-bond donors (Lipinski definition) is 1. The van der Waals surface area contributed by atoms with Crippen molar-refractivity contribution >= 4 is 27.3 Å². The average molecular weight is 281 g/mol. The number of nitrogens with zero attached hydrogens (tertiary/aromatic N) is 1. The van der Waals surface area contributed by atoms with Gasteiger partial charge in [-0.05, 0) is 31.0 Å². The Bertz CT molecular complexity index is 405. The predicted molar refractivity (Wildman–Crippen MR) is 72.2 cm³/mol. The Morgan fingerprint density at radius 2 is 2.12 bits per heavy atom. The minimum atomic E-state index is 0.646. The highest BCUT2D eigenvalue weighted by Gasteiger charge is 2.33. The van der Waals surface area contributed by atoms with E-state index in [1.54, 1.807) is 0 Å². The van der Waals surface area contributed by atoms with Crippen LogP contribution >= 0.6 is 15.9 Å². The number of halogens is 1. The molecule has 1 aliphatic heterocycles. The molecule has 1 fully saturated rings. The summed E-state index contributed by atoms with van der Waals surface area (Å²) in [5.41, 5.74) is 2.62. The second kappa shape index (κ2) is 3.95. The zero-order valence-electron chi connectivity index (χ0n) is 9.54. The van der Waals surface area contributed by atoms with Gasteiger partial charge in [0.15, 0.2) is 0 Å². The van der Waals surface area contributed by atoms with Crippen LogP contribution in [0.25, 0.3) is 0 Å². The Hall–Kier alpha value is -0.700. The first-order chi connectivity index (χ1) is 7.75. The van der Waals surface area contributed by atoms with Gasteiger partial charge in [0.2, 0.25) is 0 Å². The van der Waals surface area contributed by atoms with Crippen molar-refractivity contribution in [1.29, 1.82) is 0 Å². The zero-order chi connectivity index (χ0) is 11.1. The van der Waals surface area contributed by atoms with Crippen molar-refractivity contribution in [3.63, 3.8) is 0 Å². The molecule has 1 N–H and O–H groups in total. The molecular weight excluding hydrogens is 264 g/mol. The second-order valence-electron chi connectivity index (χ2n) is 4.88. The third kappa shape index (κ3) is 1.61. The summed E-state index contributed by atoms with van der Waals surface area (Å²) in [4.78, 5) is 2.46. The Morgan fingerprint density at radius 3 is 3.00 bits per heavy atom. The van der Waals surface area contributed by atoms with Crippen LogP contribution in [-0.2, 0) is 0 Å². The molecule has 0 amide bonds. The van der Waals surface area contributed by atoms with Crippen molar-refractivity contribution in [2.24, 2.45) is 0 Å². The molecule has 2 aliphatic rings. The van der Waals surface area contributed by atoms with Gasteiger partial charge in [-0.2, -0.15) is 0 Å². The van der Waals surface area contributed by atoms with E-state index in [1.807, 2.05) is 0 Å². The number of hydrogen-bond acceptors (Lipinski definition) is 2. The molecule has 1 heterocycles. The molecule has 0 spiro atoms. The van der Waals surface area contributed by atoms with E-state index in [0.29, 0.717) is 12.1 Å². The SMILES string of the molecule is CN1c2cc(Br)ccc2NC2CCCCC21. The third-order valence-corrected chi connectivity index (χ3v) is 4.40. The van der Waals surface area contributed by atoms with Crippen LogP contribution in [0.15, 0.2) is 22.7 Å². The second-order valence-corrected chi connectivity index (χ2v) is 5.79. The van der Waals surface area contributed by atoms with E-state index in [0.717, 1.165) is 4.47 Å². The van der Waals surface area contributed by atoms with Gasteiger partial charge in [-0.1, -0.05) is 28.8 Å². The first kappa shape index (κ1) is 10.5. The lowest BCUT2D eigenvalue weighted by Gasteiger charge is -2.45. The number of anilines is 2. The van der Waals surface area contributed by atoms with Crippen molar-refractivity contribution < 1.29 is 0 Å². The predicted octanol–water partition coefficient (Wildman–Crippen LogP) is 3.62. The average Bonchev–Trinajstić information content (AvgIpc) is 2.31. The van der Waals surface area contributed by atoms with E-state index in [-0.39, 0.29) is 0 Å². The molecule has 86 valence electrons. The standard InChI is InChI=1S/C13H17BrN2/c1-16-12-5-3-2-4-10(12)15-11-7-6-9(14)8-13(11)16/h6-8,10,12,15H,2-5H2,1H3. The molecule has 1 aliphatic carbocycles. The highest BCUT2D eigenvalue weighted by Crippen LogP contribution is 2.39. The summed E-state index contributed by atoms with van der Waals surface area (Å²) in [5.74, 6) is 0. The third-order valence-electron chi connectivity index (χ3n) is 3.91. The minimum Gasteiger partial charge on any atom is -0.379 e. The highest BCUT2D eigenvalue weighted by atomic mass is 79.9. The maximum atomic E-state index is 3.69. The summed E-state index contributed by atoms with van der Waals surface area (Å²) in [6.07, 6.45) is 5.37. The normalized spacial score (nSPS) is 28.0. The molecule has 0 bridgehead atoms. The minimum absolute atomic E-state index is 0.646. The molecule has 0 radical (unpaired) electrons. The summed E-state index contributed by atoms with van der Waals surface area (Å²) >= 11 is 3.55. The summed E-state index contributed by atoms with van der Waals surface area (Å²) in [6.45, 7) is 0. The van der Waals surface area contributed by atoms with Gasteiger partial charge in [0, 0.05) is 23.6 Å². The molecule has 2 atom stereocenters. The zero-order valence-corrected chi connectivity index (χ0v) is 11.1. The van der Waals surface area contributed by atoms with Crippen LogP contribution in [0, 0.1) is 0 Å². The summed E-state index contributed by atoms with van der Waals surface area (Å²) in [7, 11) is 2.23. The van der Waals surface area contributed by atoms with Crippen LogP contribution in [0.2, 0.25) is 0 Å². The molecule has 3 rings (SSSR count). The van der Waals surface area contributed by atoms with Crippen molar-refractivity contribution in [2.75, 3.05) is 17.3 Å². The largest absolute Gasteiger partial charge is 0.379 e. The van der Waals surface area contributed by atoms with Gasteiger partial charge < -0.3 is 10.2 Å². The van der Waals surface area contributed by atoms with E-state index >= 15 is 0 Å². The molecule has 3 heteroatoms. The smallest absolute Gasteiger partial charge is 0.0614 e. The van der Waals surface area contributed by atoms with E-state index < -0.39 is 0 Å². The maximum absolute atomic E-state index is 3.69. The Kier molecular flexibility index (Phi) is 2.58. The van der Waals surface area contributed by atoms with Crippen LogP contribution in [0.1, 0.15) is 25.7 Å². The van der Waals surface area contributed by atoms with E-state index in [1.165, 1.54) is 37.1 Å². The summed E-state index contributed by atoms with van der Waals surface area (Å²) in [6, 6.07) is 7.83. The maximum Gasteiger partial charge on any atom is 0.0614 e. The first-order valence-electron chi connectivity index (χ1n) is 6.04. The van der Waals surface area contributed by atoms with E-state index in [4.69, 9.17) is 0 Å². The van der Waals surface area contributed by atoms with Gasteiger partial charge in [0.25, 0.3) is 0 Å². The number of likely N-dealkylation sites (N-methyl/N-ethyl adjacent to an activating group) is 1. The van der Waals surface area contributed by atoms with Crippen LogP contribution in [0.3, 0.4) is 0 Å². The van der Waals surface area contributed by atoms with Crippen molar-refractivity contribution in [3.8, 4) is 0 Å². The highest BCUT2D eigenvalue weighted by molar-refractivity contribution is 9.10. The molecule has 1 saturated carbocycles. The Balaban J connectivity index is 2.00. The van der Waals surface area contributed by atoms with Crippen LogP contribution < -0.4 is 10.2 Å². The van der Waals surface area contributed by atoms with E-state index in [2.05, 4.69) is 51.4 Å². The van der Waals surface area contributed by atoms with Crippen LogP contribution in [0.4, 0.5) is 11.4 Å². The topological polar surface area (TPSA) is 15.3 Å². The van der Waals surface area contributed by atoms with Crippen molar-refractivity contribution in [2.45, 2.75) is 37.8 Å². The fourth-order valence-corrected chi connectivity index (χ4v) is 3.39. The molecule has 2 nitrogen and oxygen atoms in total. The van der Waals surface area contributed by atoms with Gasteiger partial charge in [0.05, 0.1) is 11.4 Å². The summed E-state index contributed by atoms with van der Waals surface area (Å²) < 4.78 is 1.16. The molecule has 1 aromatic rings. The first-order valence-corrected chi connectivity index (χ1v) is 6.84. The van der Waals surface area contributed by atoms with Gasteiger partial charge >= 0.3 is 0 Å². The van der Waals surface area contributed by atoms with Crippen molar-refractivity contribution in [3.05, 3.63) is 22.7 Å². The van der Waals surface area contributed by atoms with Gasteiger partial charge in [0.1, 0.15) is 0 Å². The fraction of sp³-hybridized carbons (Fsp3) is 0.538. The molecule has 2 unspecified atom stereocenters. The van der Waals surface area contributed by atoms with Crippen molar-refractivity contribution in [1.82, 2.24) is 0 Å². The van der Waals surface area contributed by atoms with Gasteiger partial charge in [-0.15, -0.1) is 0 Å². The molecule has 16 heavy (non-hydrogen) atoms. The Morgan fingerprint density at radius 1 is 1.31 bits per heavy atom. The van der Waals surface area contributed by atoms with Gasteiger partial charge in [-0.25, -0.2) is 0 Å². The molecule has 1 aromatic carbocycles. The number of rotatable bonds is 0. The lowest BCUT2D eigenvalue weighted by molar-refractivity contribution is 0.385. The molecule has 0 aromatic heterocycles. The lowest BCUT2D eigenvalue weighted by atomic mass is 9.87. The monoisotopic (exact) mass is 280 g/mol. The Labute approximate surface area is 105 Å². The fourth-order valence-electron chi connectivity index (χ4n) is 3.04. The van der Waals surface area contributed by atoms with Gasteiger partial charge in [-0.3, -0.25) is 0 Å². The van der Waals surface area contributed by atoms with Crippen LogP contribution in [-0.4, -0.2) is 19.1 Å². The molecular formula is C13H17BrN2. The van der Waals surface area contributed by atoms with E-state index in [9.17, 15) is 0 Å². The lowest BCUT2D eigenvalue weighted by Crippen LogP contribution is -2.50. The van der Waals surface area contributed by atoms with Crippen LogP contribution in [0.5, 0.6) is 0 Å². The number of nitrogens with one attached hydrogen (secondary N) is 1. The molecule has 0 saturated heterocycles. The quantitative estimate of drug-likeness (QED) is 0.781.